The minimum Gasteiger partial charge on any atom is -0.495 e. The summed E-state index contributed by atoms with van der Waals surface area (Å²) in [7, 11) is 1.64. The van der Waals surface area contributed by atoms with E-state index in [1.807, 2.05) is 12.1 Å². The van der Waals surface area contributed by atoms with Crippen LogP contribution in [0, 0.1) is 0 Å². The Morgan fingerprint density at radius 1 is 1.40 bits per heavy atom. The monoisotopic (exact) mass is 278 g/mol. The highest BCUT2D eigenvalue weighted by molar-refractivity contribution is 5.54. The molecule has 1 heterocycles. The van der Waals surface area contributed by atoms with Gasteiger partial charge in [-0.15, -0.1) is 0 Å². The van der Waals surface area contributed by atoms with E-state index in [2.05, 4.69) is 17.9 Å². The fourth-order valence-corrected chi connectivity index (χ4v) is 2.72. The van der Waals surface area contributed by atoms with Crippen LogP contribution in [0.5, 0.6) is 5.75 Å². The van der Waals surface area contributed by atoms with Gasteiger partial charge in [0.1, 0.15) is 5.75 Å². The van der Waals surface area contributed by atoms with Crippen molar-refractivity contribution in [2.45, 2.75) is 38.8 Å². The van der Waals surface area contributed by atoms with Crippen molar-refractivity contribution in [1.29, 1.82) is 0 Å². The van der Waals surface area contributed by atoms with Gasteiger partial charge in [-0.3, -0.25) is 4.90 Å². The molecule has 4 nitrogen and oxygen atoms in total. The summed E-state index contributed by atoms with van der Waals surface area (Å²) in [4.78, 5) is 2.45. The van der Waals surface area contributed by atoms with Crippen molar-refractivity contribution in [3.05, 3.63) is 23.8 Å². The number of anilines is 1. The predicted octanol–water partition coefficient (Wildman–Crippen LogP) is 2.67. The van der Waals surface area contributed by atoms with Crippen molar-refractivity contribution in [3.63, 3.8) is 0 Å². The van der Waals surface area contributed by atoms with E-state index in [0.29, 0.717) is 11.8 Å². The zero-order chi connectivity index (χ0) is 14.4. The Kier molecular flexibility index (Phi) is 5.68. The number of nitrogen functional groups attached to an aromatic ring is 1. The maximum atomic E-state index is 5.96. The van der Waals surface area contributed by atoms with Crippen LogP contribution in [0.15, 0.2) is 18.2 Å². The molecule has 112 valence electrons. The predicted molar refractivity (Wildman–Crippen MR) is 81.9 cm³/mol. The molecule has 1 saturated heterocycles. The Morgan fingerprint density at radius 3 is 2.95 bits per heavy atom. The molecule has 1 unspecified atom stereocenters. The number of nitrogens with zero attached hydrogens (tertiary/aromatic N) is 1. The van der Waals surface area contributed by atoms with Crippen LogP contribution in [0.3, 0.4) is 0 Å². The average Bonchev–Trinajstić information content (AvgIpc) is 2.46. The number of piperidine rings is 1. The summed E-state index contributed by atoms with van der Waals surface area (Å²) >= 11 is 0. The number of benzene rings is 1. The Morgan fingerprint density at radius 2 is 2.25 bits per heavy atom. The molecule has 2 rings (SSSR count). The molecular weight excluding hydrogens is 252 g/mol. The Bertz CT molecular complexity index is 423. The molecule has 0 radical (unpaired) electrons. The SMILES string of the molecule is CCCOC1CCCN(Cc2ccc(OC)c(N)c2)C1. The third kappa shape index (κ3) is 4.12. The summed E-state index contributed by atoms with van der Waals surface area (Å²) in [6, 6.07) is 6.04. The van der Waals surface area contributed by atoms with Crippen molar-refractivity contribution >= 4 is 5.69 Å². The normalized spacial score (nSPS) is 20.0. The second-order valence-corrected chi connectivity index (χ2v) is 5.45. The van der Waals surface area contributed by atoms with Gasteiger partial charge in [0.05, 0.1) is 18.9 Å². The zero-order valence-electron chi connectivity index (χ0n) is 12.6. The number of methoxy groups -OCH3 is 1. The van der Waals surface area contributed by atoms with Gasteiger partial charge in [0, 0.05) is 19.7 Å². The van der Waals surface area contributed by atoms with E-state index in [-0.39, 0.29) is 0 Å². The Hall–Kier alpha value is -1.26. The second-order valence-electron chi connectivity index (χ2n) is 5.45. The third-order valence-corrected chi connectivity index (χ3v) is 3.72. The Balaban J connectivity index is 1.90. The van der Waals surface area contributed by atoms with Gasteiger partial charge in [0.15, 0.2) is 0 Å². The molecule has 1 aromatic carbocycles. The molecule has 20 heavy (non-hydrogen) atoms. The summed E-state index contributed by atoms with van der Waals surface area (Å²) in [5, 5.41) is 0. The largest absolute Gasteiger partial charge is 0.495 e. The number of hydrogen-bond acceptors (Lipinski definition) is 4. The van der Waals surface area contributed by atoms with Gasteiger partial charge in [-0.1, -0.05) is 13.0 Å². The lowest BCUT2D eigenvalue weighted by Crippen LogP contribution is -2.39. The Labute approximate surface area is 121 Å². The first-order valence-corrected chi connectivity index (χ1v) is 7.49. The van der Waals surface area contributed by atoms with Crippen LogP contribution in [-0.4, -0.2) is 37.8 Å². The van der Waals surface area contributed by atoms with Gasteiger partial charge in [0.2, 0.25) is 0 Å². The molecule has 0 spiro atoms. The summed E-state index contributed by atoms with van der Waals surface area (Å²) in [5.74, 6) is 0.747. The minimum absolute atomic E-state index is 0.388. The molecule has 1 aliphatic heterocycles. The van der Waals surface area contributed by atoms with Crippen LogP contribution in [0.25, 0.3) is 0 Å². The molecule has 4 heteroatoms. The molecule has 0 saturated carbocycles. The molecule has 0 aliphatic carbocycles. The van der Waals surface area contributed by atoms with Gasteiger partial charge in [0.25, 0.3) is 0 Å². The minimum atomic E-state index is 0.388. The van der Waals surface area contributed by atoms with E-state index in [4.69, 9.17) is 15.2 Å². The van der Waals surface area contributed by atoms with Crippen LogP contribution in [-0.2, 0) is 11.3 Å². The van der Waals surface area contributed by atoms with Crippen LogP contribution < -0.4 is 10.5 Å². The van der Waals surface area contributed by atoms with Gasteiger partial charge in [-0.2, -0.15) is 0 Å². The zero-order valence-corrected chi connectivity index (χ0v) is 12.6. The number of likely N-dealkylation sites (tertiary alicyclic amines) is 1. The molecule has 0 amide bonds. The lowest BCUT2D eigenvalue weighted by molar-refractivity contribution is -0.00222. The number of hydrogen-bond donors (Lipinski definition) is 1. The summed E-state index contributed by atoms with van der Waals surface area (Å²) in [6.07, 6.45) is 3.87. The standard InChI is InChI=1S/C16H26N2O2/c1-3-9-20-14-5-4-8-18(12-14)11-13-6-7-16(19-2)15(17)10-13/h6-7,10,14H,3-5,8-9,11-12,17H2,1-2H3. The maximum absolute atomic E-state index is 5.96. The van der Waals surface area contributed by atoms with Gasteiger partial charge < -0.3 is 15.2 Å². The first kappa shape index (κ1) is 15.1. The highest BCUT2D eigenvalue weighted by Gasteiger charge is 2.20. The topological polar surface area (TPSA) is 47.7 Å². The van der Waals surface area contributed by atoms with E-state index in [0.717, 1.165) is 38.4 Å². The van der Waals surface area contributed by atoms with E-state index in [1.54, 1.807) is 7.11 Å². The summed E-state index contributed by atoms with van der Waals surface area (Å²) < 4.78 is 11.1. The van der Waals surface area contributed by atoms with E-state index < -0.39 is 0 Å². The molecule has 1 aliphatic rings. The van der Waals surface area contributed by atoms with E-state index in [1.165, 1.54) is 18.4 Å². The van der Waals surface area contributed by atoms with Crippen molar-refractivity contribution in [2.75, 3.05) is 32.5 Å². The van der Waals surface area contributed by atoms with Gasteiger partial charge in [-0.25, -0.2) is 0 Å². The summed E-state index contributed by atoms with van der Waals surface area (Å²) in [6.45, 7) is 6.11. The fraction of sp³-hybridized carbons (Fsp3) is 0.625. The van der Waals surface area contributed by atoms with Crippen molar-refractivity contribution in [1.82, 2.24) is 4.90 Å². The molecular formula is C16H26N2O2. The fourth-order valence-electron chi connectivity index (χ4n) is 2.72. The highest BCUT2D eigenvalue weighted by Crippen LogP contribution is 2.23. The summed E-state index contributed by atoms with van der Waals surface area (Å²) in [5.41, 5.74) is 7.91. The molecule has 0 bridgehead atoms. The van der Waals surface area contributed by atoms with Crippen LogP contribution in [0.1, 0.15) is 31.7 Å². The van der Waals surface area contributed by atoms with Crippen molar-refractivity contribution in [2.24, 2.45) is 0 Å². The molecule has 1 aromatic rings. The van der Waals surface area contributed by atoms with Gasteiger partial charge in [-0.05, 0) is 43.5 Å². The smallest absolute Gasteiger partial charge is 0.141 e. The average molecular weight is 278 g/mol. The molecule has 1 fully saturated rings. The second kappa shape index (κ2) is 7.50. The van der Waals surface area contributed by atoms with Crippen LogP contribution >= 0.6 is 0 Å². The van der Waals surface area contributed by atoms with Gasteiger partial charge >= 0.3 is 0 Å². The molecule has 2 N–H and O–H groups in total. The maximum Gasteiger partial charge on any atom is 0.141 e. The lowest BCUT2D eigenvalue weighted by Gasteiger charge is -2.32. The lowest BCUT2D eigenvalue weighted by atomic mass is 10.1. The molecule has 1 atom stereocenters. The highest BCUT2D eigenvalue weighted by atomic mass is 16.5. The van der Waals surface area contributed by atoms with E-state index >= 15 is 0 Å². The number of nitrogens with two attached hydrogens (primary N) is 1. The first-order valence-electron chi connectivity index (χ1n) is 7.49. The number of ether oxygens (including phenoxy) is 2. The first-order chi connectivity index (χ1) is 9.72. The molecule has 0 aromatic heterocycles. The quantitative estimate of drug-likeness (QED) is 0.813. The third-order valence-electron chi connectivity index (χ3n) is 3.72. The van der Waals surface area contributed by atoms with E-state index in [9.17, 15) is 0 Å². The van der Waals surface area contributed by atoms with Crippen LogP contribution in [0.4, 0.5) is 5.69 Å². The van der Waals surface area contributed by atoms with Crippen molar-refractivity contribution < 1.29 is 9.47 Å². The van der Waals surface area contributed by atoms with Crippen molar-refractivity contribution in [3.8, 4) is 5.75 Å². The van der Waals surface area contributed by atoms with Crippen LogP contribution in [0.2, 0.25) is 0 Å². The number of rotatable bonds is 6.